The molecule has 0 spiro atoms. The molecule has 9 nitrogen and oxygen atoms in total. The van der Waals surface area contributed by atoms with Crippen LogP contribution in [0.4, 0.5) is 10.5 Å². The number of azo groups is 1. The van der Waals surface area contributed by atoms with Crippen molar-refractivity contribution in [2.24, 2.45) is 10.2 Å². The summed E-state index contributed by atoms with van der Waals surface area (Å²) in [7, 11) is 0. The number of carbonyl (C=O) groups is 2. The van der Waals surface area contributed by atoms with Gasteiger partial charge in [0.15, 0.2) is 5.69 Å². The van der Waals surface area contributed by atoms with E-state index in [0.29, 0.717) is 38.5 Å². The first-order valence-corrected chi connectivity index (χ1v) is 13.0. The van der Waals surface area contributed by atoms with Crippen molar-refractivity contribution in [3.8, 4) is 5.88 Å². The van der Waals surface area contributed by atoms with E-state index in [0.717, 1.165) is 46.4 Å². The predicted molar refractivity (Wildman–Crippen MR) is 139 cm³/mol. The Hall–Kier alpha value is -3.37. The fraction of sp³-hybridized carbons (Fsp3) is 0.385. The summed E-state index contributed by atoms with van der Waals surface area (Å²) in [5.74, 6) is -0.122. The van der Waals surface area contributed by atoms with E-state index in [1.165, 1.54) is 0 Å². The van der Waals surface area contributed by atoms with Gasteiger partial charge < -0.3 is 24.4 Å². The van der Waals surface area contributed by atoms with Crippen LogP contribution in [-0.4, -0.2) is 63.7 Å². The van der Waals surface area contributed by atoms with Gasteiger partial charge in [-0.15, -0.1) is 16.9 Å². The maximum atomic E-state index is 12.5. The molecule has 0 unspecified atom stereocenters. The molecule has 2 heterocycles. The highest BCUT2D eigenvalue weighted by Gasteiger charge is 2.20. The highest BCUT2D eigenvalue weighted by atomic mass is 32.2. The highest BCUT2D eigenvalue weighted by molar-refractivity contribution is 7.99. The van der Waals surface area contributed by atoms with Gasteiger partial charge in [0, 0.05) is 35.7 Å². The monoisotopic (exact) mass is 510 g/mol. The standard InChI is InChI=1S/C26H30N4O5S/c1-2-3-11-30-22-9-8-20(36-16-10-18-4-6-19(7-5-18)25(32)33)17-21(22)23(24(30)31)27-28-26(34)29-12-14-35-15-13-29/h4-9,17,31H,2-3,10-16H2,1H3,(H,32,33). The number of hydrogen-bond donors (Lipinski definition) is 2. The van der Waals surface area contributed by atoms with Crippen LogP contribution in [0, 0.1) is 0 Å². The number of aromatic carboxylic acids is 1. The minimum Gasteiger partial charge on any atom is -0.493 e. The lowest BCUT2D eigenvalue weighted by atomic mass is 10.1. The molecule has 3 aromatic rings. The SMILES string of the molecule is CCCCn1c(O)c(N=NC(=O)N2CCOCC2)c2cc(SCCc3ccc(C(=O)O)cc3)ccc21. The molecule has 0 saturated carbocycles. The number of thioether (sulfide) groups is 1. The van der Waals surface area contributed by atoms with Gasteiger partial charge in [0.2, 0.25) is 5.88 Å². The molecule has 0 bridgehead atoms. The topological polar surface area (TPSA) is 117 Å². The number of carboxylic acids is 1. The third-order valence-corrected chi connectivity index (χ3v) is 7.09. The molecule has 4 rings (SSSR count). The summed E-state index contributed by atoms with van der Waals surface area (Å²) in [5, 5.41) is 28.9. The van der Waals surface area contributed by atoms with Crippen LogP contribution in [0.25, 0.3) is 10.9 Å². The molecule has 1 saturated heterocycles. The third kappa shape index (κ3) is 6.06. The highest BCUT2D eigenvalue weighted by Crippen LogP contribution is 2.41. The normalized spacial score (nSPS) is 14.1. The van der Waals surface area contributed by atoms with Crippen molar-refractivity contribution in [2.45, 2.75) is 37.6 Å². The molecule has 1 aliphatic rings. The smallest absolute Gasteiger partial charge is 0.362 e. The van der Waals surface area contributed by atoms with E-state index in [2.05, 4.69) is 17.2 Å². The molecule has 2 amide bonds. The number of benzene rings is 2. The number of nitrogens with zero attached hydrogens (tertiary/aromatic N) is 4. The fourth-order valence-electron chi connectivity index (χ4n) is 4.04. The number of unbranched alkanes of at least 4 members (excludes halogenated alkanes) is 1. The maximum absolute atomic E-state index is 12.5. The zero-order chi connectivity index (χ0) is 25.5. The Morgan fingerprint density at radius 1 is 1.11 bits per heavy atom. The molecular weight excluding hydrogens is 480 g/mol. The first-order valence-electron chi connectivity index (χ1n) is 12.1. The van der Waals surface area contributed by atoms with Crippen molar-refractivity contribution >= 4 is 40.4 Å². The number of carboxylic acid groups (broad SMARTS) is 1. The Bertz CT molecular complexity index is 1250. The minimum atomic E-state index is -0.932. The first-order chi connectivity index (χ1) is 17.5. The van der Waals surface area contributed by atoms with Crippen LogP contribution in [0.3, 0.4) is 0 Å². The largest absolute Gasteiger partial charge is 0.493 e. The summed E-state index contributed by atoms with van der Waals surface area (Å²) < 4.78 is 7.11. The number of aromatic nitrogens is 1. The number of aryl methyl sites for hydroxylation is 2. The number of ether oxygens (including phenoxy) is 1. The van der Waals surface area contributed by atoms with Gasteiger partial charge in [0.1, 0.15) is 0 Å². The van der Waals surface area contributed by atoms with E-state index >= 15 is 0 Å². The number of fused-ring (bicyclic) bond motifs is 1. The van der Waals surface area contributed by atoms with E-state index in [4.69, 9.17) is 9.84 Å². The Morgan fingerprint density at radius 2 is 1.86 bits per heavy atom. The van der Waals surface area contributed by atoms with Crippen molar-refractivity contribution in [1.29, 1.82) is 0 Å². The van der Waals surface area contributed by atoms with Crippen LogP contribution in [0.15, 0.2) is 57.6 Å². The quantitative estimate of drug-likeness (QED) is 0.281. The number of rotatable bonds is 9. The van der Waals surface area contributed by atoms with Gasteiger partial charge in [-0.2, -0.15) is 0 Å². The molecule has 10 heteroatoms. The van der Waals surface area contributed by atoms with Crippen LogP contribution in [0.5, 0.6) is 5.88 Å². The van der Waals surface area contributed by atoms with Gasteiger partial charge in [0.05, 0.1) is 24.3 Å². The van der Waals surface area contributed by atoms with Crippen LogP contribution < -0.4 is 0 Å². The van der Waals surface area contributed by atoms with Crippen molar-refractivity contribution in [3.05, 3.63) is 53.6 Å². The van der Waals surface area contributed by atoms with Gasteiger partial charge in [-0.1, -0.05) is 30.6 Å². The summed E-state index contributed by atoms with van der Waals surface area (Å²) in [6.45, 7) is 4.64. The average molecular weight is 511 g/mol. The first kappa shape index (κ1) is 25.7. The van der Waals surface area contributed by atoms with Crippen molar-refractivity contribution in [2.75, 3.05) is 32.1 Å². The Labute approximate surface area is 213 Å². The fourth-order valence-corrected chi connectivity index (χ4v) is 4.98. The summed E-state index contributed by atoms with van der Waals surface area (Å²) in [6, 6.07) is 12.4. The van der Waals surface area contributed by atoms with Gasteiger partial charge in [0.25, 0.3) is 0 Å². The molecule has 2 N–H and O–H groups in total. The zero-order valence-electron chi connectivity index (χ0n) is 20.2. The van der Waals surface area contributed by atoms with Crippen LogP contribution in [0.2, 0.25) is 0 Å². The summed E-state index contributed by atoms with van der Waals surface area (Å²) in [4.78, 5) is 26.1. The number of aromatic hydroxyl groups is 1. The molecule has 190 valence electrons. The summed E-state index contributed by atoms with van der Waals surface area (Å²) in [5.41, 5.74) is 2.49. The molecule has 0 aliphatic carbocycles. The third-order valence-electron chi connectivity index (χ3n) is 6.09. The van der Waals surface area contributed by atoms with Crippen molar-refractivity contribution in [3.63, 3.8) is 0 Å². The number of carbonyl (C=O) groups excluding carboxylic acids is 1. The van der Waals surface area contributed by atoms with Gasteiger partial charge in [-0.05, 0) is 48.7 Å². The maximum Gasteiger partial charge on any atom is 0.362 e. The predicted octanol–water partition coefficient (Wildman–Crippen LogP) is 5.72. The van der Waals surface area contributed by atoms with Crippen molar-refractivity contribution < 1.29 is 24.5 Å². The second-order valence-corrected chi connectivity index (χ2v) is 9.71. The Kier molecular flexibility index (Phi) is 8.61. The summed E-state index contributed by atoms with van der Waals surface area (Å²) in [6.07, 6.45) is 2.66. The average Bonchev–Trinajstić information content (AvgIpc) is 3.16. The Morgan fingerprint density at radius 3 is 2.56 bits per heavy atom. The number of urea groups is 1. The van der Waals surface area contributed by atoms with E-state index in [-0.39, 0.29) is 11.4 Å². The molecule has 0 atom stereocenters. The van der Waals surface area contributed by atoms with Gasteiger partial charge in [-0.3, -0.25) is 0 Å². The van der Waals surface area contributed by atoms with E-state index in [1.807, 2.05) is 34.9 Å². The van der Waals surface area contributed by atoms with E-state index in [9.17, 15) is 14.7 Å². The second kappa shape index (κ2) is 12.0. The van der Waals surface area contributed by atoms with Crippen LogP contribution >= 0.6 is 11.8 Å². The lowest BCUT2D eigenvalue weighted by Gasteiger charge is -2.24. The van der Waals surface area contributed by atoms with E-state index < -0.39 is 12.0 Å². The molecular formula is C26H30N4O5S. The van der Waals surface area contributed by atoms with Gasteiger partial charge in [-0.25, -0.2) is 9.59 Å². The lowest BCUT2D eigenvalue weighted by Crippen LogP contribution is -2.39. The van der Waals surface area contributed by atoms with Crippen LogP contribution in [0.1, 0.15) is 35.7 Å². The second-order valence-electron chi connectivity index (χ2n) is 8.54. The molecule has 0 radical (unpaired) electrons. The number of morpholine rings is 1. The lowest BCUT2D eigenvalue weighted by molar-refractivity contribution is 0.0552. The van der Waals surface area contributed by atoms with E-state index in [1.54, 1.807) is 28.8 Å². The van der Waals surface area contributed by atoms with Gasteiger partial charge >= 0.3 is 12.0 Å². The molecule has 2 aromatic carbocycles. The minimum absolute atomic E-state index is 0.0117. The Balaban J connectivity index is 1.53. The summed E-state index contributed by atoms with van der Waals surface area (Å²) >= 11 is 1.66. The molecule has 36 heavy (non-hydrogen) atoms. The number of hydrogen-bond acceptors (Lipinski definition) is 6. The molecule has 1 aromatic heterocycles. The van der Waals surface area contributed by atoms with Crippen molar-refractivity contribution in [1.82, 2.24) is 9.47 Å². The molecule has 1 fully saturated rings. The van der Waals surface area contributed by atoms with Crippen LogP contribution in [-0.2, 0) is 17.7 Å². The number of amides is 2. The zero-order valence-corrected chi connectivity index (χ0v) is 21.0. The molecule has 1 aliphatic heterocycles.